The summed E-state index contributed by atoms with van der Waals surface area (Å²) in [5, 5.41) is 3.17. The van der Waals surface area contributed by atoms with Gasteiger partial charge in [0.25, 0.3) is 5.91 Å². The number of hydrogen-bond acceptors (Lipinski definition) is 3. The van der Waals surface area contributed by atoms with Gasteiger partial charge in [0, 0.05) is 12.7 Å². The molecule has 0 saturated heterocycles. The van der Waals surface area contributed by atoms with Gasteiger partial charge in [-0.3, -0.25) is 9.59 Å². The van der Waals surface area contributed by atoms with E-state index in [2.05, 4.69) is 5.32 Å². The number of halogens is 2. The summed E-state index contributed by atoms with van der Waals surface area (Å²) >= 11 is 11.9. The molecule has 2 aromatic carbocycles. The summed E-state index contributed by atoms with van der Waals surface area (Å²) in [4.78, 5) is 25.7. The normalized spacial score (nSPS) is 10.2. The minimum absolute atomic E-state index is 0.117. The largest absolute Gasteiger partial charge is 0.497 e. The van der Waals surface area contributed by atoms with Gasteiger partial charge in [-0.05, 0) is 36.4 Å². The van der Waals surface area contributed by atoms with Crippen molar-refractivity contribution in [2.24, 2.45) is 0 Å². The van der Waals surface area contributed by atoms with E-state index in [0.717, 1.165) is 0 Å². The number of ether oxygens (including phenoxy) is 1. The first-order chi connectivity index (χ1) is 11.4. The van der Waals surface area contributed by atoms with E-state index in [1.54, 1.807) is 49.6 Å². The van der Waals surface area contributed by atoms with Gasteiger partial charge in [0.05, 0.1) is 29.3 Å². The number of rotatable bonds is 5. The molecule has 24 heavy (non-hydrogen) atoms. The molecule has 2 amide bonds. The molecule has 0 aliphatic carbocycles. The number of nitrogens with one attached hydrogen (secondary N) is 1. The summed E-state index contributed by atoms with van der Waals surface area (Å²) < 4.78 is 5.05. The van der Waals surface area contributed by atoms with Crippen LogP contribution in [0.5, 0.6) is 5.75 Å². The lowest BCUT2D eigenvalue weighted by Gasteiger charge is -2.18. The molecule has 2 aromatic rings. The SMILES string of the molecule is COc1ccc(NC(=O)CN(C)C(=O)c2cccc(Cl)c2Cl)cc1. The second-order valence-corrected chi connectivity index (χ2v) is 5.82. The van der Waals surface area contributed by atoms with E-state index in [1.165, 1.54) is 11.9 Å². The van der Waals surface area contributed by atoms with Crippen LogP contribution in [0.15, 0.2) is 42.5 Å². The molecule has 0 unspecified atom stereocenters. The minimum atomic E-state index is -0.382. The van der Waals surface area contributed by atoms with Crippen molar-refractivity contribution in [3.8, 4) is 5.75 Å². The van der Waals surface area contributed by atoms with Gasteiger partial charge >= 0.3 is 0 Å². The summed E-state index contributed by atoms with van der Waals surface area (Å²) in [7, 11) is 3.09. The Morgan fingerprint density at radius 1 is 1.12 bits per heavy atom. The first kappa shape index (κ1) is 18.1. The molecule has 126 valence electrons. The predicted octanol–water partition coefficient (Wildman–Crippen LogP) is 3.71. The summed E-state index contributed by atoms with van der Waals surface area (Å²) in [6.07, 6.45) is 0. The number of anilines is 1. The number of carbonyl (C=O) groups is 2. The fourth-order valence-electron chi connectivity index (χ4n) is 2.04. The molecular formula is C17H16Cl2N2O3. The maximum absolute atomic E-state index is 12.4. The zero-order valence-electron chi connectivity index (χ0n) is 13.2. The maximum atomic E-state index is 12.4. The molecule has 0 bridgehead atoms. The Labute approximate surface area is 150 Å². The van der Waals surface area contributed by atoms with Crippen molar-refractivity contribution in [3.63, 3.8) is 0 Å². The van der Waals surface area contributed by atoms with Crippen molar-refractivity contribution in [3.05, 3.63) is 58.1 Å². The number of nitrogens with zero attached hydrogens (tertiary/aromatic N) is 1. The molecule has 0 atom stereocenters. The molecule has 0 fully saturated rings. The van der Waals surface area contributed by atoms with Gasteiger partial charge in [-0.15, -0.1) is 0 Å². The molecule has 0 heterocycles. The van der Waals surface area contributed by atoms with Gasteiger partial charge < -0.3 is 15.0 Å². The highest BCUT2D eigenvalue weighted by molar-refractivity contribution is 6.43. The van der Waals surface area contributed by atoms with Crippen LogP contribution in [0.4, 0.5) is 5.69 Å². The van der Waals surface area contributed by atoms with E-state index in [9.17, 15) is 9.59 Å². The molecule has 5 nitrogen and oxygen atoms in total. The fraction of sp³-hybridized carbons (Fsp3) is 0.176. The Balaban J connectivity index is 2.00. The van der Waals surface area contributed by atoms with Crippen LogP contribution in [0.2, 0.25) is 10.0 Å². The molecule has 0 radical (unpaired) electrons. The second kappa shape index (κ2) is 8.04. The Hall–Kier alpha value is -2.24. The third kappa shape index (κ3) is 4.40. The maximum Gasteiger partial charge on any atom is 0.255 e. The highest BCUT2D eigenvalue weighted by atomic mass is 35.5. The van der Waals surface area contributed by atoms with Crippen LogP contribution in [0.1, 0.15) is 10.4 Å². The van der Waals surface area contributed by atoms with Crippen LogP contribution in [0.3, 0.4) is 0 Å². The monoisotopic (exact) mass is 366 g/mol. The van der Waals surface area contributed by atoms with E-state index in [4.69, 9.17) is 27.9 Å². The smallest absolute Gasteiger partial charge is 0.255 e. The van der Waals surface area contributed by atoms with E-state index < -0.39 is 0 Å². The summed E-state index contributed by atoms with van der Waals surface area (Å²) in [5.74, 6) is -0.0163. The zero-order chi connectivity index (χ0) is 17.7. The molecule has 0 spiro atoms. The van der Waals surface area contributed by atoms with Crippen molar-refractivity contribution in [1.29, 1.82) is 0 Å². The van der Waals surface area contributed by atoms with Crippen LogP contribution in [0.25, 0.3) is 0 Å². The highest BCUT2D eigenvalue weighted by Crippen LogP contribution is 2.26. The number of likely N-dealkylation sites (N-methyl/N-ethyl adjacent to an activating group) is 1. The molecule has 1 N–H and O–H groups in total. The lowest BCUT2D eigenvalue weighted by atomic mass is 10.2. The predicted molar refractivity (Wildman–Crippen MR) is 95.0 cm³/mol. The van der Waals surface area contributed by atoms with Gasteiger partial charge in [-0.1, -0.05) is 29.3 Å². The molecule has 0 aliphatic rings. The Morgan fingerprint density at radius 3 is 2.42 bits per heavy atom. The van der Waals surface area contributed by atoms with Crippen molar-refractivity contribution in [1.82, 2.24) is 4.90 Å². The Kier molecular flexibility index (Phi) is 6.06. The third-order valence-electron chi connectivity index (χ3n) is 3.28. The quantitative estimate of drug-likeness (QED) is 0.877. The Bertz CT molecular complexity index is 748. The molecule has 0 saturated carbocycles. The fourth-order valence-corrected chi connectivity index (χ4v) is 2.42. The first-order valence-corrected chi connectivity index (χ1v) is 7.81. The van der Waals surface area contributed by atoms with Gasteiger partial charge in [-0.25, -0.2) is 0 Å². The topological polar surface area (TPSA) is 58.6 Å². The standard InChI is InChI=1S/C17H16Cl2N2O3/c1-21(17(23)13-4-3-5-14(18)16(13)19)10-15(22)20-11-6-8-12(24-2)9-7-11/h3-9H,10H2,1-2H3,(H,20,22). The Morgan fingerprint density at radius 2 is 1.79 bits per heavy atom. The minimum Gasteiger partial charge on any atom is -0.497 e. The molecule has 0 aromatic heterocycles. The van der Waals surface area contributed by atoms with E-state index >= 15 is 0 Å². The molecule has 7 heteroatoms. The third-order valence-corrected chi connectivity index (χ3v) is 4.10. The lowest BCUT2D eigenvalue weighted by molar-refractivity contribution is -0.116. The van der Waals surface area contributed by atoms with E-state index in [-0.39, 0.29) is 28.9 Å². The van der Waals surface area contributed by atoms with Gasteiger partial charge in [-0.2, -0.15) is 0 Å². The van der Waals surface area contributed by atoms with Gasteiger partial charge in [0.15, 0.2) is 0 Å². The van der Waals surface area contributed by atoms with Crippen molar-refractivity contribution < 1.29 is 14.3 Å². The number of carbonyl (C=O) groups excluding carboxylic acids is 2. The average molecular weight is 367 g/mol. The zero-order valence-corrected chi connectivity index (χ0v) is 14.7. The number of methoxy groups -OCH3 is 1. The summed E-state index contributed by atoms with van der Waals surface area (Å²) in [6, 6.07) is 11.7. The second-order valence-electron chi connectivity index (χ2n) is 5.04. The molecule has 2 rings (SSSR count). The molecule has 0 aliphatic heterocycles. The van der Waals surface area contributed by atoms with Crippen molar-refractivity contribution in [2.75, 3.05) is 26.0 Å². The van der Waals surface area contributed by atoms with E-state index in [0.29, 0.717) is 16.5 Å². The summed E-state index contributed by atoms with van der Waals surface area (Å²) in [6.45, 7) is -0.117. The van der Waals surface area contributed by atoms with Gasteiger partial charge in [0.1, 0.15) is 5.75 Å². The van der Waals surface area contributed by atoms with Crippen LogP contribution < -0.4 is 10.1 Å². The van der Waals surface area contributed by atoms with Crippen LogP contribution in [-0.2, 0) is 4.79 Å². The first-order valence-electron chi connectivity index (χ1n) is 7.05. The number of hydrogen-bond donors (Lipinski definition) is 1. The van der Waals surface area contributed by atoms with Crippen LogP contribution in [0, 0.1) is 0 Å². The van der Waals surface area contributed by atoms with Crippen LogP contribution >= 0.6 is 23.2 Å². The molecular weight excluding hydrogens is 351 g/mol. The van der Waals surface area contributed by atoms with Crippen LogP contribution in [-0.4, -0.2) is 37.4 Å². The van der Waals surface area contributed by atoms with Crippen molar-refractivity contribution >= 4 is 40.7 Å². The summed E-state index contributed by atoms with van der Waals surface area (Å²) in [5.41, 5.74) is 0.867. The number of benzene rings is 2. The lowest BCUT2D eigenvalue weighted by Crippen LogP contribution is -2.35. The van der Waals surface area contributed by atoms with Gasteiger partial charge in [0.2, 0.25) is 5.91 Å². The number of amides is 2. The highest BCUT2D eigenvalue weighted by Gasteiger charge is 2.18. The average Bonchev–Trinajstić information content (AvgIpc) is 2.57. The van der Waals surface area contributed by atoms with Crippen molar-refractivity contribution in [2.45, 2.75) is 0 Å². The van der Waals surface area contributed by atoms with E-state index in [1.807, 2.05) is 0 Å².